The molecule has 0 spiro atoms. The first-order valence-electron chi connectivity index (χ1n) is 7.62. The van der Waals surface area contributed by atoms with Crippen molar-refractivity contribution in [3.63, 3.8) is 0 Å². The third kappa shape index (κ3) is 7.96. The van der Waals surface area contributed by atoms with Gasteiger partial charge in [0.05, 0.1) is 0 Å². The largest absolute Gasteiger partial charge is 0.482 e. The third-order valence-electron chi connectivity index (χ3n) is 2.97. The van der Waals surface area contributed by atoms with E-state index >= 15 is 0 Å². The number of ether oxygens (including phenoxy) is 2. The normalized spacial score (nSPS) is 10.1. The van der Waals surface area contributed by atoms with Gasteiger partial charge in [0.2, 0.25) is 0 Å². The van der Waals surface area contributed by atoms with E-state index in [0.29, 0.717) is 17.3 Å². The molecule has 0 aliphatic carbocycles. The van der Waals surface area contributed by atoms with Crippen LogP contribution < -0.4 is 10.1 Å². The minimum Gasteiger partial charge on any atom is -0.482 e. The van der Waals surface area contributed by atoms with Crippen molar-refractivity contribution in [3.05, 3.63) is 59.6 Å². The van der Waals surface area contributed by atoms with Crippen LogP contribution in [0.2, 0.25) is 5.02 Å². The van der Waals surface area contributed by atoms with E-state index in [1.165, 1.54) is 0 Å². The molecule has 0 aliphatic rings. The molecule has 2 aromatic carbocycles. The van der Waals surface area contributed by atoms with Crippen molar-refractivity contribution < 1.29 is 19.1 Å². The average molecular weight is 380 g/mol. The van der Waals surface area contributed by atoms with Gasteiger partial charge in [-0.15, -0.1) is 11.8 Å². The fourth-order valence-electron chi connectivity index (χ4n) is 1.79. The number of benzene rings is 2. The monoisotopic (exact) mass is 379 g/mol. The summed E-state index contributed by atoms with van der Waals surface area (Å²) in [5, 5.41) is 3.28. The molecule has 132 valence electrons. The van der Waals surface area contributed by atoms with Crippen LogP contribution >= 0.6 is 23.4 Å². The van der Waals surface area contributed by atoms with E-state index in [9.17, 15) is 9.59 Å². The van der Waals surface area contributed by atoms with Gasteiger partial charge in [0.15, 0.2) is 13.2 Å². The number of rotatable bonds is 9. The number of carbonyl (C=O) groups is 2. The van der Waals surface area contributed by atoms with E-state index < -0.39 is 5.97 Å². The van der Waals surface area contributed by atoms with Crippen molar-refractivity contribution in [2.24, 2.45) is 0 Å². The second kappa shape index (κ2) is 10.6. The molecule has 0 atom stereocenters. The van der Waals surface area contributed by atoms with Crippen molar-refractivity contribution in [2.45, 2.75) is 4.90 Å². The minimum atomic E-state index is -0.608. The fraction of sp³-hybridized carbons (Fsp3) is 0.222. The molecule has 7 heteroatoms. The Balaban J connectivity index is 1.54. The van der Waals surface area contributed by atoms with E-state index in [-0.39, 0.29) is 19.1 Å². The number of hydrogen-bond donors (Lipinski definition) is 1. The summed E-state index contributed by atoms with van der Waals surface area (Å²) in [6.45, 7) is -0.0885. The quantitative estimate of drug-likeness (QED) is 0.412. The molecule has 0 saturated heterocycles. The highest BCUT2D eigenvalue weighted by Gasteiger charge is 2.08. The van der Waals surface area contributed by atoms with Crippen LogP contribution in [0, 0.1) is 0 Å². The molecule has 0 bridgehead atoms. The Morgan fingerprint density at radius 1 is 1.00 bits per heavy atom. The molecular formula is C18H18ClNO4S. The summed E-state index contributed by atoms with van der Waals surface area (Å²) >= 11 is 7.39. The number of esters is 1. The topological polar surface area (TPSA) is 64.6 Å². The summed E-state index contributed by atoms with van der Waals surface area (Å²) < 4.78 is 10.1. The molecule has 0 fully saturated rings. The van der Waals surface area contributed by atoms with Gasteiger partial charge < -0.3 is 14.8 Å². The Kier molecular flexibility index (Phi) is 8.15. The third-order valence-corrected chi connectivity index (χ3v) is 4.24. The van der Waals surface area contributed by atoms with Crippen LogP contribution in [0.15, 0.2) is 59.5 Å². The van der Waals surface area contributed by atoms with Crippen LogP contribution in [0.1, 0.15) is 0 Å². The Morgan fingerprint density at radius 3 is 2.44 bits per heavy atom. The lowest BCUT2D eigenvalue weighted by atomic mass is 10.3. The van der Waals surface area contributed by atoms with Crippen molar-refractivity contribution >= 4 is 35.2 Å². The molecule has 0 heterocycles. The van der Waals surface area contributed by atoms with Gasteiger partial charge in [-0.1, -0.05) is 29.8 Å². The summed E-state index contributed by atoms with van der Waals surface area (Å²) in [5.41, 5.74) is 0. The highest BCUT2D eigenvalue weighted by molar-refractivity contribution is 7.99. The van der Waals surface area contributed by atoms with Gasteiger partial charge in [0.25, 0.3) is 5.91 Å². The highest BCUT2D eigenvalue weighted by atomic mass is 35.5. The molecule has 0 radical (unpaired) electrons. The van der Waals surface area contributed by atoms with Crippen LogP contribution in [0.25, 0.3) is 0 Å². The van der Waals surface area contributed by atoms with E-state index in [0.717, 1.165) is 10.6 Å². The lowest BCUT2D eigenvalue weighted by Gasteiger charge is -2.08. The van der Waals surface area contributed by atoms with Crippen LogP contribution in [0.5, 0.6) is 5.75 Å². The molecule has 5 nitrogen and oxygen atoms in total. The van der Waals surface area contributed by atoms with Gasteiger partial charge in [0, 0.05) is 22.2 Å². The molecule has 2 rings (SSSR count). The number of nitrogens with one attached hydrogen (secondary N) is 1. The SMILES string of the molecule is O=C(COC(=O)COc1ccc(Cl)cc1)NCCSc1ccccc1. The Labute approximate surface area is 155 Å². The number of thioether (sulfide) groups is 1. The van der Waals surface area contributed by atoms with Crippen LogP contribution in [-0.4, -0.2) is 37.4 Å². The first kappa shape index (κ1) is 19.1. The Morgan fingerprint density at radius 2 is 1.72 bits per heavy atom. The molecule has 0 saturated carbocycles. The maximum absolute atomic E-state index is 11.6. The van der Waals surface area contributed by atoms with Gasteiger partial charge in [-0.25, -0.2) is 4.79 Å². The van der Waals surface area contributed by atoms with Crippen molar-refractivity contribution in [2.75, 3.05) is 25.5 Å². The minimum absolute atomic E-state index is 0.265. The molecule has 1 amide bonds. The van der Waals surface area contributed by atoms with E-state index in [2.05, 4.69) is 5.32 Å². The standard InChI is InChI=1S/C18H18ClNO4S/c19-14-6-8-15(9-7-14)23-13-18(22)24-12-17(21)20-10-11-25-16-4-2-1-3-5-16/h1-9H,10-13H2,(H,20,21). The summed E-state index contributed by atoms with van der Waals surface area (Å²) in [6.07, 6.45) is 0. The maximum Gasteiger partial charge on any atom is 0.344 e. The smallest absolute Gasteiger partial charge is 0.344 e. The first-order chi connectivity index (χ1) is 12.1. The zero-order valence-electron chi connectivity index (χ0n) is 13.4. The van der Waals surface area contributed by atoms with Gasteiger partial charge in [-0.05, 0) is 36.4 Å². The fourth-order valence-corrected chi connectivity index (χ4v) is 2.70. The predicted octanol–water partition coefficient (Wildman–Crippen LogP) is 3.17. The summed E-state index contributed by atoms with van der Waals surface area (Å²) in [5.74, 6) is 0.296. The van der Waals surface area contributed by atoms with Crippen molar-refractivity contribution in [1.29, 1.82) is 0 Å². The summed E-state index contributed by atoms with van der Waals surface area (Å²) in [6, 6.07) is 16.5. The van der Waals surface area contributed by atoms with E-state index in [1.54, 1.807) is 36.0 Å². The zero-order valence-corrected chi connectivity index (χ0v) is 15.0. The van der Waals surface area contributed by atoms with Gasteiger partial charge >= 0.3 is 5.97 Å². The van der Waals surface area contributed by atoms with E-state index in [4.69, 9.17) is 21.1 Å². The molecule has 0 aliphatic heterocycles. The lowest BCUT2D eigenvalue weighted by molar-refractivity contribution is -0.150. The van der Waals surface area contributed by atoms with Crippen LogP contribution in [0.4, 0.5) is 0 Å². The second-order valence-electron chi connectivity index (χ2n) is 4.91. The summed E-state index contributed by atoms with van der Waals surface area (Å²) in [7, 11) is 0. The first-order valence-corrected chi connectivity index (χ1v) is 8.98. The van der Waals surface area contributed by atoms with Crippen molar-refractivity contribution in [1.82, 2.24) is 5.32 Å². The molecule has 0 aromatic heterocycles. The average Bonchev–Trinajstić information content (AvgIpc) is 2.64. The zero-order chi connectivity index (χ0) is 17.9. The van der Waals surface area contributed by atoms with Crippen molar-refractivity contribution in [3.8, 4) is 5.75 Å². The molecule has 1 N–H and O–H groups in total. The molecule has 0 unspecified atom stereocenters. The number of amides is 1. The molecule has 2 aromatic rings. The molecular weight excluding hydrogens is 362 g/mol. The number of hydrogen-bond acceptors (Lipinski definition) is 5. The lowest BCUT2D eigenvalue weighted by Crippen LogP contribution is -2.31. The van der Waals surface area contributed by atoms with Crippen LogP contribution in [0.3, 0.4) is 0 Å². The number of halogens is 1. The Bertz CT molecular complexity index is 679. The highest BCUT2D eigenvalue weighted by Crippen LogP contribution is 2.16. The van der Waals surface area contributed by atoms with Gasteiger partial charge in [0.1, 0.15) is 5.75 Å². The van der Waals surface area contributed by atoms with Gasteiger partial charge in [-0.3, -0.25) is 4.79 Å². The second-order valence-corrected chi connectivity index (χ2v) is 6.52. The predicted molar refractivity (Wildman–Crippen MR) is 98.1 cm³/mol. The van der Waals surface area contributed by atoms with Crippen LogP contribution in [-0.2, 0) is 14.3 Å². The molecule has 25 heavy (non-hydrogen) atoms. The maximum atomic E-state index is 11.6. The van der Waals surface area contributed by atoms with E-state index in [1.807, 2.05) is 30.3 Å². The van der Waals surface area contributed by atoms with Gasteiger partial charge in [-0.2, -0.15) is 0 Å². The Hall–Kier alpha value is -2.18. The summed E-state index contributed by atoms with van der Waals surface area (Å²) in [4.78, 5) is 24.3. The number of carbonyl (C=O) groups excluding carboxylic acids is 2.